The molecule has 0 fully saturated rings. The lowest BCUT2D eigenvalue weighted by Gasteiger charge is -2.13. The van der Waals surface area contributed by atoms with Crippen LogP contribution in [0.3, 0.4) is 0 Å². The number of aliphatic hydroxyl groups excluding tert-OH is 1. The fourth-order valence-corrected chi connectivity index (χ4v) is 0.428. The van der Waals surface area contributed by atoms with Gasteiger partial charge in [-0.05, 0) is 13.8 Å². The third-order valence-electron chi connectivity index (χ3n) is 1.30. The Labute approximate surface area is 54.8 Å². The van der Waals surface area contributed by atoms with Crippen molar-refractivity contribution in [3.8, 4) is 0 Å². The van der Waals surface area contributed by atoms with Gasteiger partial charge in [0.25, 0.3) is 0 Å². The molecule has 0 saturated heterocycles. The van der Waals surface area contributed by atoms with E-state index in [1.165, 1.54) is 0 Å². The van der Waals surface area contributed by atoms with Crippen molar-refractivity contribution in [1.82, 2.24) is 0 Å². The zero-order valence-corrected chi connectivity index (χ0v) is 5.70. The first-order valence-electron chi connectivity index (χ1n) is 2.84. The molecule has 0 radical (unpaired) electrons. The number of allylic oxidation sites excluding steroid dienone is 1. The third-order valence-corrected chi connectivity index (χ3v) is 1.30. The Balaban J connectivity index is 3.88. The summed E-state index contributed by atoms with van der Waals surface area (Å²) in [4.78, 5) is 0. The molecule has 54 valence electrons. The highest BCUT2D eigenvalue weighted by Crippen LogP contribution is 1.99. The van der Waals surface area contributed by atoms with Crippen LogP contribution in [-0.2, 0) is 0 Å². The Bertz CT molecular complexity index is 110. The summed E-state index contributed by atoms with van der Waals surface area (Å²) in [5, 5.41) is 17.0. The quantitative estimate of drug-likeness (QED) is 0.352. The largest absolute Gasteiger partial charge is 0.367 e. The van der Waals surface area contributed by atoms with E-state index in [-0.39, 0.29) is 0 Å². The molecule has 9 heavy (non-hydrogen) atoms. The van der Waals surface area contributed by atoms with Crippen molar-refractivity contribution in [2.75, 3.05) is 0 Å². The molecule has 0 saturated carbocycles. The van der Waals surface area contributed by atoms with Crippen LogP contribution < -0.4 is 5.73 Å². The van der Waals surface area contributed by atoms with E-state index in [2.05, 4.69) is 0 Å². The summed E-state index contributed by atoms with van der Waals surface area (Å²) in [6.45, 7) is 3.56. The monoisotopic (exact) mass is 131 g/mol. The average Bonchev–Trinajstić information content (AvgIpc) is 1.84. The fraction of sp³-hybridized carbons (Fsp3) is 0.667. The first kappa shape index (κ1) is 8.62. The summed E-state index contributed by atoms with van der Waals surface area (Å²) >= 11 is 0. The third kappa shape index (κ3) is 2.60. The van der Waals surface area contributed by atoms with E-state index in [9.17, 15) is 0 Å². The van der Waals surface area contributed by atoms with Crippen molar-refractivity contribution in [2.45, 2.75) is 26.2 Å². The predicted octanol–water partition coefficient (Wildman–Crippen LogP) is -0.409. The Kier molecular flexibility index (Phi) is 3.46. The van der Waals surface area contributed by atoms with Gasteiger partial charge in [0.1, 0.15) is 0 Å². The molecule has 0 rings (SSSR count). The second-order valence-electron chi connectivity index (χ2n) is 1.97. The lowest BCUT2D eigenvalue weighted by atomic mass is 10.1. The SMILES string of the molecule is C/C=C(/C)[C@H](N)C(O)O. The molecule has 0 aromatic rings. The normalized spacial score (nSPS) is 16.4. The summed E-state index contributed by atoms with van der Waals surface area (Å²) < 4.78 is 0. The first-order valence-corrected chi connectivity index (χ1v) is 2.84. The van der Waals surface area contributed by atoms with Crippen LogP contribution in [0.5, 0.6) is 0 Å². The molecule has 0 aliphatic rings. The molecule has 0 amide bonds. The molecule has 0 heterocycles. The second kappa shape index (κ2) is 3.61. The minimum absolute atomic E-state index is 0.644. The van der Waals surface area contributed by atoms with Crippen LogP contribution in [0.2, 0.25) is 0 Å². The van der Waals surface area contributed by atoms with Gasteiger partial charge in [0.15, 0.2) is 6.29 Å². The molecule has 0 unspecified atom stereocenters. The van der Waals surface area contributed by atoms with Crippen molar-refractivity contribution < 1.29 is 10.2 Å². The molecule has 3 heteroatoms. The van der Waals surface area contributed by atoms with Gasteiger partial charge in [-0.1, -0.05) is 11.6 Å². The van der Waals surface area contributed by atoms with E-state index in [1.54, 1.807) is 19.9 Å². The summed E-state index contributed by atoms with van der Waals surface area (Å²) in [5.41, 5.74) is 6.08. The lowest BCUT2D eigenvalue weighted by molar-refractivity contribution is -0.0499. The minimum Gasteiger partial charge on any atom is -0.367 e. The molecule has 0 aromatic heterocycles. The number of hydrogen-bond donors (Lipinski definition) is 3. The molecule has 0 aliphatic heterocycles. The van der Waals surface area contributed by atoms with Gasteiger partial charge in [-0.15, -0.1) is 0 Å². The zero-order chi connectivity index (χ0) is 7.44. The van der Waals surface area contributed by atoms with Crippen LogP contribution in [-0.4, -0.2) is 22.5 Å². The first-order chi connectivity index (χ1) is 4.09. The molecule has 0 spiro atoms. The summed E-state index contributed by atoms with van der Waals surface area (Å²) in [5.74, 6) is 0. The molecule has 0 aromatic carbocycles. The minimum atomic E-state index is -1.44. The van der Waals surface area contributed by atoms with Crippen molar-refractivity contribution in [3.63, 3.8) is 0 Å². The zero-order valence-electron chi connectivity index (χ0n) is 5.70. The summed E-state index contributed by atoms with van der Waals surface area (Å²) in [7, 11) is 0. The van der Waals surface area contributed by atoms with Gasteiger partial charge < -0.3 is 15.9 Å². The van der Waals surface area contributed by atoms with Crippen LogP contribution in [0.25, 0.3) is 0 Å². The maximum atomic E-state index is 8.51. The number of nitrogens with two attached hydrogens (primary N) is 1. The van der Waals surface area contributed by atoms with Crippen LogP contribution in [0, 0.1) is 0 Å². The molecular weight excluding hydrogens is 118 g/mol. The van der Waals surface area contributed by atoms with E-state index in [0.29, 0.717) is 0 Å². The highest BCUT2D eigenvalue weighted by atomic mass is 16.5. The molecule has 1 atom stereocenters. The standard InChI is InChI=1S/C6H13NO2/c1-3-4(2)5(7)6(8)9/h3,5-6,8-9H,7H2,1-2H3/b4-3-/t5-/m0/s1. The van der Waals surface area contributed by atoms with Gasteiger partial charge in [-0.25, -0.2) is 0 Å². The van der Waals surface area contributed by atoms with E-state index in [4.69, 9.17) is 15.9 Å². The number of rotatable bonds is 2. The van der Waals surface area contributed by atoms with E-state index in [0.717, 1.165) is 5.57 Å². The van der Waals surface area contributed by atoms with Gasteiger partial charge >= 0.3 is 0 Å². The van der Waals surface area contributed by atoms with Crippen molar-refractivity contribution in [2.24, 2.45) is 5.73 Å². The average molecular weight is 131 g/mol. The summed E-state index contributed by atoms with van der Waals surface area (Å²) in [6.07, 6.45) is 0.311. The van der Waals surface area contributed by atoms with Crippen LogP contribution in [0.1, 0.15) is 13.8 Å². The molecule has 0 bridgehead atoms. The maximum absolute atomic E-state index is 8.51. The highest BCUT2D eigenvalue weighted by Gasteiger charge is 2.10. The van der Waals surface area contributed by atoms with Crippen molar-refractivity contribution >= 4 is 0 Å². The van der Waals surface area contributed by atoms with E-state index < -0.39 is 12.3 Å². The molecule has 0 aliphatic carbocycles. The van der Waals surface area contributed by atoms with E-state index >= 15 is 0 Å². The van der Waals surface area contributed by atoms with Gasteiger partial charge in [0, 0.05) is 0 Å². The molecule has 4 N–H and O–H groups in total. The Morgan fingerprint density at radius 1 is 1.56 bits per heavy atom. The molecular formula is C6H13NO2. The highest BCUT2D eigenvalue weighted by molar-refractivity contribution is 5.05. The summed E-state index contributed by atoms with van der Waals surface area (Å²) in [6, 6.07) is -0.644. The van der Waals surface area contributed by atoms with Gasteiger partial charge in [-0.2, -0.15) is 0 Å². The van der Waals surface area contributed by atoms with Crippen molar-refractivity contribution in [3.05, 3.63) is 11.6 Å². The van der Waals surface area contributed by atoms with Crippen LogP contribution >= 0.6 is 0 Å². The van der Waals surface area contributed by atoms with E-state index in [1.807, 2.05) is 0 Å². The van der Waals surface area contributed by atoms with Gasteiger partial charge in [0.2, 0.25) is 0 Å². The topological polar surface area (TPSA) is 66.5 Å². The number of aliphatic hydroxyl groups is 2. The smallest absolute Gasteiger partial charge is 0.170 e. The number of hydrogen-bond acceptors (Lipinski definition) is 3. The molecule has 3 nitrogen and oxygen atoms in total. The predicted molar refractivity (Wildman–Crippen MR) is 35.6 cm³/mol. The Morgan fingerprint density at radius 3 is 2.11 bits per heavy atom. The van der Waals surface area contributed by atoms with Crippen molar-refractivity contribution in [1.29, 1.82) is 0 Å². The van der Waals surface area contributed by atoms with Crippen LogP contribution in [0.4, 0.5) is 0 Å². The van der Waals surface area contributed by atoms with Gasteiger partial charge in [0.05, 0.1) is 6.04 Å². The fourth-order valence-electron chi connectivity index (χ4n) is 0.428. The second-order valence-corrected chi connectivity index (χ2v) is 1.97. The maximum Gasteiger partial charge on any atom is 0.170 e. The Morgan fingerprint density at radius 2 is 2.00 bits per heavy atom. The van der Waals surface area contributed by atoms with Gasteiger partial charge in [-0.3, -0.25) is 0 Å². The Hall–Kier alpha value is -0.380. The van der Waals surface area contributed by atoms with Crippen LogP contribution in [0.15, 0.2) is 11.6 Å². The lowest BCUT2D eigenvalue weighted by Crippen LogP contribution is -2.35.